The van der Waals surface area contributed by atoms with Gasteiger partial charge < -0.3 is 25.0 Å². The van der Waals surface area contributed by atoms with Gasteiger partial charge in [0, 0.05) is 48.9 Å². The molecule has 2 aromatic rings. The minimum absolute atomic E-state index is 0.0826. The molecule has 0 radical (unpaired) electrons. The first-order valence-electron chi connectivity index (χ1n) is 19.8. The second-order valence-corrected chi connectivity index (χ2v) is 19.5. The average molecular weight is 824 g/mol. The molecule has 306 valence electrons. The van der Waals surface area contributed by atoms with Gasteiger partial charge in [-0.1, -0.05) is 42.7 Å². The molecule has 14 nitrogen and oxygen atoms in total. The number of likely N-dealkylation sites (tertiary alicyclic amines) is 1. The molecule has 7 rings (SSSR count). The van der Waals surface area contributed by atoms with Crippen LogP contribution in [-0.2, 0) is 33.9 Å². The van der Waals surface area contributed by atoms with Gasteiger partial charge in [0.15, 0.2) is 0 Å². The van der Waals surface area contributed by atoms with Crippen LogP contribution < -0.4 is 10.0 Å². The van der Waals surface area contributed by atoms with Crippen molar-refractivity contribution in [3.63, 3.8) is 0 Å². The summed E-state index contributed by atoms with van der Waals surface area (Å²) in [5.74, 6) is -4.82. The third-order valence-electron chi connectivity index (χ3n) is 11.7. The van der Waals surface area contributed by atoms with Crippen LogP contribution in [0.4, 0.5) is 0 Å². The smallest absolute Gasteiger partial charge is 0.307 e. The number of benzene rings is 1. The molecule has 1 aromatic heterocycles. The van der Waals surface area contributed by atoms with Crippen molar-refractivity contribution in [2.75, 3.05) is 19.6 Å². The lowest BCUT2D eigenvalue weighted by Gasteiger charge is -2.33. The Morgan fingerprint density at radius 2 is 1.82 bits per heavy atom. The van der Waals surface area contributed by atoms with Crippen LogP contribution in [0, 0.1) is 23.7 Å². The quantitative estimate of drug-likeness (QED) is 0.267. The molecule has 2 saturated carbocycles. The van der Waals surface area contributed by atoms with Gasteiger partial charge >= 0.3 is 5.97 Å². The van der Waals surface area contributed by atoms with Crippen LogP contribution in [0.1, 0.15) is 89.0 Å². The highest BCUT2D eigenvalue weighted by molar-refractivity contribution is 7.91. The van der Waals surface area contributed by atoms with Crippen molar-refractivity contribution >= 4 is 51.2 Å². The summed E-state index contributed by atoms with van der Waals surface area (Å²) in [6.07, 6.45) is 8.11. The first-order chi connectivity index (χ1) is 27.0. The van der Waals surface area contributed by atoms with E-state index in [-0.39, 0.29) is 66.7 Å². The number of hydrogen-bond donors (Lipinski definition) is 3. The van der Waals surface area contributed by atoms with Crippen molar-refractivity contribution < 1.29 is 42.2 Å². The molecular formula is C41H50ClN5O9S. The molecule has 2 aliphatic carbocycles. The SMILES string of the molecule is CC(C)(C)OC(=O)C[C@H]1CCCCC/C=C\[C@@H]2C[C@@]2(C(=O)NS(=O)(=O)C2CC2)NC(=O)[C@@H]2[C@H]3CN(C(=O)c4cccc(-c5ccc(O)c(Cl)c5)n4)C[C@H]3CN2C1=O. The third kappa shape index (κ3) is 8.84. The van der Waals surface area contributed by atoms with E-state index in [2.05, 4.69) is 15.0 Å². The van der Waals surface area contributed by atoms with Crippen molar-refractivity contribution in [3.05, 3.63) is 59.3 Å². The van der Waals surface area contributed by atoms with E-state index >= 15 is 0 Å². The van der Waals surface area contributed by atoms with Gasteiger partial charge in [0.2, 0.25) is 21.8 Å². The van der Waals surface area contributed by atoms with Crippen molar-refractivity contribution in [1.29, 1.82) is 0 Å². The lowest BCUT2D eigenvalue weighted by Crippen LogP contribution is -2.58. The molecule has 4 fully saturated rings. The number of halogens is 1. The van der Waals surface area contributed by atoms with Gasteiger partial charge in [0.05, 0.1) is 22.4 Å². The van der Waals surface area contributed by atoms with Gasteiger partial charge in [-0.15, -0.1) is 0 Å². The van der Waals surface area contributed by atoms with E-state index < -0.39 is 68.0 Å². The number of nitrogens with zero attached hydrogens (tertiary/aromatic N) is 3. The Labute approximate surface area is 337 Å². The summed E-state index contributed by atoms with van der Waals surface area (Å²) < 4.78 is 33.7. The fourth-order valence-electron chi connectivity index (χ4n) is 8.50. The number of hydrogen-bond acceptors (Lipinski definition) is 10. The Kier molecular flexibility index (Phi) is 11.2. The zero-order chi connectivity index (χ0) is 40.9. The van der Waals surface area contributed by atoms with Crippen LogP contribution in [-0.4, -0.2) is 100.0 Å². The normalized spacial score (nSPS) is 28.5. The molecule has 3 aliphatic heterocycles. The molecule has 2 saturated heterocycles. The van der Waals surface area contributed by atoms with E-state index in [4.69, 9.17) is 16.3 Å². The fourth-order valence-corrected chi connectivity index (χ4v) is 10.0. The summed E-state index contributed by atoms with van der Waals surface area (Å²) in [6, 6.07) is 8.53. The van der Waals surface area contributed by atoms with E-state index in [1.807, 2.05) is 12.2 Å². The number of carbonyl (C=O) groups is 5. The standard InChI is InChI=1S/C41H50ClN5O9S/c1-40(2,3)56-34(49)19-25-10-7-5-4-6-8-11-27-20-41(27,39(53)45-57(54,55)28-15-16-28)44-36(50)35-29-23-46(21-26(29)22-47(35)37(25)51)38(52)32-13-9-12-31(43-32)24-14-17-33(48)30(42)18-24/h8-9,11-14,17-18,25-29,35,48H,4-7,10,15-16,19-23H2,1-3H3,(H,44,50)(H,45,53)/b11-8-/t25-,26+,27-,29+,35+,41-/m1/s1. The van der Waals surface area contributed by atoms with E-state index in [1.54, 1.807) is 56.0 Å². The van der Waals surface area contributed by atoms with E-state index in [0.717, 1.165) is 12.8 Å². The van der Waals surface area contributed by atoms with Crippen molar-refractivity contribution in [2.45, 2.75) is 101 Å². The molecule has 4 amide bonds. The number of aromatic nitrogens is 1. The first-order valence-corrected chi connectivity index (χ1v) is 21.7. The predicted molar refractivity (Wildman–Crippen MR) is 210 cm³/mol. The number of amides is 4. The van der Waals surface area contributed by atoms with Gasteiger partial charge in [-0.2, -0.15) is 0 Å². The van der Waals surface area contributed by atoms with Crippen molar-refractivity contribution in [3.8, 4) is 17.0 Å². The minimum atomic E-state index is -3.92. The summed E-state index contributed by atoms with van der Waals surface area (Å²) in [5, 5.41) is 12.3. The van der Waals surface area contributed by atoms with Gasteiger partial charge in [-0.05, 0) is 89.6 Å². The van der Waals surface area contributed by atoms with Gasteiger partial charge in [-0.3, -0.25) is 28.7 Å². The Hall–Kier alpha value is -4.50. The Bertz CT molecular complexity index is 2100. The number of nitrogens with one attached hydrogen (secondary N) is 2. The molecule has 0 unspecified atom stereocenters. The predicted octanol–water partition coefficient (Wildman–Crippen LogP) is 4.36. The van der Waals surface area contributed by atoms with Gasteiger partial charge in [0.25, 0.3) is 11.8 Å². The number of carbonyl (C=O) groups excluding carboxylic acids is 5. The highest BCUT2D eigenvalue weighted by Crippen LogP contribution is 2.47. The Morgan fingerprint density at radius 1 is 1.05 bits per heavy atom. The molecule has 16 heteroatoms. The van der Waals surface area contributed by atoms with Crippen LogP contribution in [0.3, 0.4) is 0 Å². The Balaban J connectivity index is 1.18. The molecule has 0 spiro atoms. The minimum Gasteiger partial charge on any atom is -0.506 e. The first kappa shape index (κ1) is 40.7. The highest BCUT2D eigenvalue weighted by atomic mass is 35.5. The summed E-state index contributed by atoms with van der Waals surface area (Å²) >= 11 is 6.13. The number of phenols is 1. The van der Waals surface area contributed by atoms with Gasteiger partial charge in [-0.25, -0.2) is 13.4 Å². The monoisotopic (exact) mass is 823 g/mol. The zero-order valence-electron chi connectivity index (χ0n) is 32.4. The summed E-state index contributed by atoms with van der Waals surface area (Å²) in [4.78, 5) is 78.0. The molecule has 6 atom stereocenters. The van der Waals surface area contributed by atoms with Crippen LogP contribution in [0.5, 0.6) is 5.75 Å². The van der Waals surface area contributed by atoms with E-state index in [9.17, 15) is 37.5 Å². The zero-order valence-corrected chi connectivity index (χ0v) is 34.0. The van der Waals surface area contributed by atoms with Gasteiger partial charge in [0.1, 0.15) is 28.6 Å². The second kappa shape index (κ2) is 15.7. The molecule has 5 aliphatic rings. The number of fused-ring (bicyclic) bond motifs is 4. The largest absolute Gasteiger partial charge is 0.506 e. The summed E-state index contributed by atoms with van der Waals surface area (Å²) in [6.45, 7) is 5.74. The lowest BCUT2D eigenvalue weighted by molar-refractivity contribution is -0.159. The molecule has 1 aromatic carbocycles. The van der Waals surface area contributed by atoms with Crippen LogP contribution in [0.25, 0.3) is 11.3 Å². The highest BCUT2D eigenvalue weighted by Gasteiger charge is 2.63. The van der Waals surface area contributed by atoms with Crippen LogP contribution in [0.15, 0.2) is 48.6 Å². The molecule has 3 N–H and O–H groups in total. The average Bonchev–Trinajstić information content (AvgIpc) is 4.04. The fraction of sp³-hybridized carbons (Fsp3) is 0.561. The second-order valence-electron chi connectivity index (χ2n) is 17.1. The number of sulfonamides is 1. The van der Waals surface area contributed by atoms with Crippen molar-refractivity contribution in [2.24, 2.45) is 23.7 Å². The summed E-state index contributed by atoms with van der Waals surface area (Å²) in [5.41, 5.74) is -1.06. The number of allylic oxidation sites excluding steroid dienone is 1. The number of ether oxygens (including phenoxy) is 1. The maximum absolute atomic E-state index is 14.7. The molecule has 0 bridgehead atoms. The van der Waals surface area contributed by atoms with E-state index in [1.165, 1.54) is 11.0 Å². The lowest BCUT2D eigenvalue weighted by atomic mass is 9.92. The van der Waals surface area contributed by atoms with Crippen molar-refractivity contribution in [1.82, 2.24) is 24.8 Å². The van der Waals surface area contributed by atoms with Crippen LogP contribution in [0.2, 0.25) is 5.02 Å². The molecule has 4 heterocycles. The number of pyridine rings is 1. The maximum atomic E-state index is 14.7. The van der Waals surface area contributed by atoms with Crippen LogP contribution >= 0.6 is 11.6 Å². The number of rotatable bonds is 7. The topological polar surface area (TPSA) is 192 Å². The number of esters is 1. The van der Waals surface area contributed by atoms with E-state index in [0.29, 0.717) is 43.4 Å². The molecule has 57 heavy (non-hydrogen) atoms. The Morgan fingerprint density at radius 3 is 2.54 bits per heavy atom. The maximum Gasteiger partial charge on any atom is 0.307 e. The summed E-state index contributed by atoms with van der Waals surface area (Å²) in [7, 11) is -3.92. The molecular weight excluding hydrogens is 774 g/mol. The number of phenolic OH excluding ortho intramolecular Hbond substituents is 1. The number of aromatic hydroxyl groups is 1. The third-order valence-corrected chi connectivity index (χ3v) is 13.8.